The quantitative estimate of drug-likeness (QED) is 0.438. The number of methoxy groups -OCH3 is 1. The molecule has 0 unspecified atom stereocenters. The number of aromatic nitrogens is 5. The van der Waals surface area contributed by atoms with E-state index in [9.17, 15) is 9.18 Å². The summed E-state index contributed by atoms with van der Waals surface area (Å²) in [7, 11) is 3.47. The van der Waals surface area contributed by atoms with Gasteiger partial charge in [0.15, 0.2) is 5.65 Å². The smallest absolute Gasteiger partial charge is 0.257 e. The van der Waals surface area contributed by atoms with Gasteiger partial charge in [-0.1, -0.05) is 0 Å². The SMILES string of the molecule is CNc1cc(-c2cn([C@@H]3COC[C@H]3OC)c3ncccc23)nc2c(C(=O)N[C@H]3CC[C@@H]3F)cnn12. The molecule has 0 aromatic carbocycles. The lowest BCUT2D eigenvalue weighted by molar-refractivity contribution is 0.0692. The van der Waals surface area contributed by atoms with E-state index >= 15 is 0 Å². The molecule has 1 saturated carbocycles. The molecular weight excluding hydrogens is 453 g/mol. The maximum Gasteiger partial charge on any atom is 0.257 e. The van der Waals surface area contributed by atoms with Crippen molar-refractivity contribution in [2.24, 2.45) is 0 Å². The molecule has 6 rings (SSSR count). The van der Waals surface area contributed by atoms with E-state index in [4.69, 9.17) is 14.5 Å². The first-order valence-corrected chi connectivity index (χ1v) is 11.7. The first-order valence-electron chi connectivity index (χ1n) is 11.7. The van der Waals surface area contributed by atoms with E-state index in [1.165, 1.54) is 6.20 Å². The molecule has 0 radical (unpaired) electrons. The first-order chi connectivity index (χ1) is 17.1. The van der Waals surface area contributed by atoms with E-state index in [1.54, 1.807) is 24.9 Å². The van der Waals surface area contributed by atoms with E-state index < -0.39 is 12.2 Å². The number of hydrogen-bond donors (Lipinski definition) is 2. The molecule has 4 aromatic rings. The van der Waals surface area contributed by atoms with Crippen LogP contribution in [0.2, 0.25) is 0 Å². The van der Waals surface area contributed by atoms with Crippen LogP contribution in [0.5, 0.6) is 0 Å². The molecule has 1 saturated heterocycles. The van der Waals surface area contributed by atoms with Crippen LogP contribution in [-0.4, -0.2) is 75.7 Å². The van der Waals surface area contributed by atoms with Crippen molar-refractivity contribution in [1.29, 1.82) is 0 Å². The van der Waals surface area contributed by atoms with Gasteiger partial charge in [-0.15, -0.1) is 0 Å². The maximum atomic E-state index is 13.7. The molecule has 1 aliphatic carbocycles. The van der Waals surface area contributed by atoms with E-state index in [2.05, 4.69) is 25.3 Å². The fourth-order valence-corrected chi connectivity index (χ4v) is 4.85. The molecule has 10 nitrogen and oxygen atoms in total. The van der Waals surface area contributed by atoms with Gasteiger partial charge >= 0.3 is 0 Å². The maximum absolute atomic E-state index is 13.7. The first kappa shape index (κ1) is 21.9. The molecule has 2 aliphatic rings. The minimum Gasteiger partial charge on any atom is -0.377 e. The lowest BCUT2D eigenvalue weighted by atomic mass is 9.90. The Morgan fingerprint density at radius 3 is 2.91 bits per heavy atom. The van der Waals surface area contributed by atoms with Crippen molar-refractivity contribution in [2.75, 3.05) is 32.7 Å². The number of amides is 1. The summed E-state index contributed by atoms with van der Waals surface area (Å²) in [5.41, 5.74) is 3.02. The number of hydrogen-bond acceptors (Lipinski definition) is 7. The highest BCUT2D eigenvalue weighted by Gasteiger charge is 2.34. The number of fused-ring (bicyclic) bond motifs is 2. The van der Waals surface area contributed by atoms with E-state index in [0.29, 0.717) is 48.8 Å². The molecule has 1 amide bonds. The van der Waals surface area contributed by atoms with Crippen LogP contribution in [0.1, 0.15) is 29.2 Å². The highest BCUT2D eigenvalue weighted by molar-refractivity contribution is 6.01. The number of anilines is 1. The number of carbonyl (C=O) groups is 1. The zero-order valence-electron chi connectivity index (χ0n) is 19.4. The molecule has 4 atom stereocenters. The average molecular weight is 480 g/mol. The number of alkyl halides is 1. The van der Waals surface area contributed by atoms with Crippen LogP contribution in [0.25, 0.3) is 27.9 Å². The average Bonchev–Trinajstić information content (AvgIpc) is 3.61. The van der Waals surface area contributed by atoms with Gasteiger partial charge in [0.2, 0.25) is 0 Å². The zero-order valence-corrected chi connectivity index (χ0v) is 19.4. The van der Waals surface area contributed by atoms with Crippen LogP contribution < -0.4 is 10.6 Å². The molecule has 182 valence electrons. The number of ether oxygens (including phenoxy) is 2. The summed E-state index contributed by atoms with van der Waals surface area (Å²) in [5.74, 6) is 0.286. The topological polar surface area (TPSA) is 108 Å². The van der Waals surface area contributed by atoms with Crippen molar-refractivity contribution < 1.29 is 18.7 Å². The standard InChI is InChI=1S/C24H26FN7O3/c1-26-21-8-18(29-23-14(9-28-32(21)23)24(33)30-17-6-5-16(17)25)15-10-31(19-11-35-12-20(19)34-2)22-13(15)4-3-7-27-22/h3-4,7-10,16-17,19-20,26H,5-6,11-12H2,1-2H3,(H,30,33)/t16-,17-,19+,20+/m0/s1. The Morgan fingerprint density at radius 2 is 2.17 bits per heavy atom. The summed E-state index contributed by atoms with van der Waals surface area (Å²) in [6.07, 6.45) is 5.25. The number of rotatable bonds is 6. The van der Waals surface area contributed by atoms with Gasteiger partial charge in [0, 0.05) is 43.6 Å². The lowest BCUT2D eigenvalue weighted by Crippen LogP contribution is -2.48. The minimum atomic E-state index is -1.01. The van der Waals surface area contributed by atoms with Gasteiger partial charge in [0.05, 0.1) is 37.2 Å². The van der Waals surface area contributed by atoms with Gasteiger partial charge in [-0.3, -0.25) is 4.79 Å². The largest absolute Gasteiger partial charge is 0.377 e. The van der Waals surface area contributed by atoms with Crippen LogP contribution >= 0.6 is 0 Å². The molecule has 0 spiro atoms. The van der Waals surface area contributed by atoms with Gasteiger partial charge in [-0.25, -0.2) is 14.4 Å². The Labute approximate surface area is 200 Å². The van der Waals surface area contributed by atoms with Gasteiger partial charge in [-0.2, -0.15) is 9.61 Å². The fourth-order valence-electron chi connectivity index (χ4n) is 4.85. The van der Waals surface area contributed by atoms with Crippen molar-refractivity contribution in [3.63, 3.8) is 0 Å². The Morgan fingerprint density at radius 1 is 1.29 bits per heavy atom. The summed E-state index contributed by atoms with van der Waals surface area (Å²) in [6, 6.07) is 5.28. The second-order valence-electron chi connectivity index (χ2n) is 8.95. The van der Waals surface area contributed by atoms with Crippen LogP contribution in [0, 0.1) is 0 Å². The van der Waals surface area contributed by atoms with E-state index in [-0.39, 0.29) is 18.1 Å². The van der Waals surface area contributed by atoms with Gasteiger partial charge < -0.3 is 24.7 Å². The zero-order chi connectivity index (χ0) is 24.1. The Bertz CT molecular complexity index is 1420. The highest BCUT2D eigenvalue weighted by Crippen LogP contribution is 2.35. The highest BCUT2D eigenvalue weighted by atomic mass is 19.1. The summed E-state index contributed by atoms with van der Waals surface area (Å²) >= 11 is 0. The van der Waals surface area contributed by atoms with Gasteiger partial charge in [-0.05, 0) is 25.0 Å². The normalized spacial score (nSPS) is 24.1. The molecule has 2 fully saturated rings. The summed E-state index contributed by atoms with van der Waals surface area (Å²) in [4.78, 5) is 22.4. The molecule has 0 bridgehead atoms. The van der Waals surface area contributed by atoms with Crippen molar-refractivity contribution in [3.8, 4) is 11.3 Å². The molecule has 4 aromatic heterocycles. The van der Waals surface area contributed by atoms with Crippen LogP contribution in [0.3, 0.4) is 0 Å². The van der Waals surface area contributed by atoms with Gasteiger partial charge in [0.1, 0.15) is 29.3 Å². The van der Waals surface area contributed by atoms with Crippen molar-refractivity contribution in [2.45, 2.75) is 37.2 Å². The number of nitrogens with one attached hydrogen (secondary N) is 2. The predicted octanol–water partition coefficient (Wildman–Crippen LogP) is 2.60. The van der Waals surface area contributed by atoms with Crippen molar-refractivity contribution in [3.05, 3.63) is 42.4 Å². The van der Waals surface area contributed by atoms with E-state index in [1.807, 2.05) is 24.4 Å². The predicted molar refractivity (Wildman–Crippen MR) is 127 cm³/mol. The van der Waals surface area contributed by atoms with Gasteiger partial charge in [0.25, 0.3) is 5.91 Å². The molecular formula is C24H26FN7O3. The number of carbonyl (C=O) groups excluding carboxylic acids is 1. The summed E-state index contributed by atoms with van der Waals surface area (Å²) < 4.78 is 28.7. The third-order valence-electron chi connectivity index (χ3n) is 7.00. The second-order valence-corrected chi connectivity index (χ2v) is 8.95. The third-order valence-corrected chi connectivity index (χ3v) is 7.00. The molecule has 2 N–H and O–H groups in total. The van der Waals surface area contributed by atoms with Crippen LogP contribution in [0.15, 0.2) is 36.8 Å². The number of halogens is 1. The minimum absolute atomic E-state index is 0.0221. The Hall–Kier alpha value is -3.57. The molecule has 1 aliphatic heterocycles. The van der Waals surface area contributed by atoms with Crippen molar-refractivity contribution in [1.82, 2.24) is 29.5 Å². The lowest BCUT2D eigenvalue weighted by Gasteiger charge is -2.30. The fraction of sp³-hybridized carbons (Fsp3) is 0.417. The summed E-state index contributed by atoms with van der Waals surface area (Å²) in [6.45, 7) is 1.04. The van der Waals surface area contributed by atoms with Crippen LogP contribution in [-0.2, 0) is 9.47 Å². The third kappa shape index (κ3) is 3.53. The van der Waals surface area contributed by atoms with Crippen LogP contribution in [0.4, 0.5) is 10.2 Å². The number of nitrogens with zero attached hydrogens (tertiary/aromatic N) is 5. The number of pyridine rings is 1. The molecule has 5 heterocycles. The molecule has 35 heavy (non-hydrogen) atoms. The van der Waals surface area contributed by atoms with E-state index in [0.717, 1.165) is 16.6 Å². The molecule has 11 heteroatoms. The monoisotopic (exact) mass is 479 g/mol. The second kappa shape index (κ2) is 8.58. The Balaban J connectivity index is 1.47. The van der Waals surface area contributed by atoms with Crippen molar-refractivity contribution >= 4 is 28.4 Å². The summed E-state index contributed by atoms with van der Waals surface area (Å²) in [5, 5.41) is 11.2. The Kier molecular flexibility index (Phi) is 5.37.